The molecule has 0 saturated heterocycles. The number of esters is 1. The van der Waals surface area contributed by atoms with Gasteiger partial charge in [0.25, 0.3) is 0 Å². The van der Waals surface area contributed by atoms with Crippen LogP contribution < -0.4 is 0 Å². The van der Waals surface area contributed by atoms with Crippen LogP contribution in [-0.2, 0) is 10.9 Å². The quantitative estimate of drug-likeness (QED) is 0.517. The van der Waals surface area contributed by atoms with E-state index in [1.807, 2.05) is 0 Å². The molecule has 3 rings (SSSR count). The number of hydrogen-bond donors (Lipinski definition) is 0. The van der Waals surface area contributed by atoms with E-state index in [-0.39, 0.29) is 22.6 Å². The monoisotopic (exact) mass is 389 g/mol. The molecule has 2 aromatic carbocycles. The standard InChI is InChI=1S/C21H18F3NO3/c1-20(2,3)27-19(26)16-10-5-4-9-15(16)18-12-17(25-28-18)13-7-6-8-14(11-13)21(22,23)24/h4-12H,1-3H3. The Morgan fingerprint density at radius 2 is 1.71 bits per heavy atom. The van der Waals surface area contributed by atoms with E-state index < -0.39 is 23.3 Å². The van der Waals surface area contributed by atoms with Gasteiger partial charge in [-0.1, -0.05) is 35.5 Å². The summed E-state index contributed by atoms with van der Waals surface area (Å²) in [6, 6.07) is 13.0. The van der Waals surface area contributed by atoms with Gasteiger partial charge >= 0.3 is 12.1 Å². The van der Waals surface area contributed by atoms with E-state index in [1.54, 1.807) is 45.0 Å². The number of hydrogen-bond acceptors (Lipinski definition) is 4. The molecule has 0 unspecified atom stereocenters. The third-order valence-corrected chi connectivity index (χ3v) is 3.81. The molecule has 0 spiro atoms. The number of benzene rings is 2. The zero-order valence-electron chi connectivity index (χ0n) is 15.5. The molecule has 0 radical (unpaired) electrons. The molecule has 146 valence electrons. The Bertz CT molecular complexity index is 1000. The van der Waals surface area contributed by atoms with Gasteiger partial charge in [0.05, 0.1) is 11.1 Å². The van der Waals surface area contributed by atoms with Crippen LogP contribution in [0.2, 0.25) is 0 Å². The lowest BCUT2D eigenvalue weighted by Crippen LogP contribution is -2.24. The number of aromatic nitrogens is 1. The van der Waals surface area contributed by atoms with Crippen LogP contribution in [0.4, 0.5) is 13.2 Å². The normalized spacial score (nSPS) is 12.1. The van der Waals surface area contributed by atoms with Gasteiger partial charge in [-0.2, -0.15) is 13.2 Å². The fourth-order valence-corrected chi connectivity index (χ4v) is 2.60. The average Bonchev–Trinajstić information content (AvgIpc) is 3.10. The molecule has 0 bridgehead atoms. The predicted octanol–water partition coefficient (Wildman–Crippen LogP) is 5.98. The summed E-state index contributed by atoms with van der Waals surface area (Å²) in [6.45, 7) is 5.27. The fraction of sp³-hybridized carbons (Fsp3) is 0.238. The van der Waals surface area contributed by atoms with Crippen molar-refractivity contribution < 1.29 is 27.2 Å². The molecule has 0 aliphatic carbocycles. The maximum atomic E-state index is 12.9. The summed E-state index contributed by atoms with van der Waals surface area (Å²) in [5, 5.41) is 3.87. The molecule has 0 N–H and O–H groups in total. The summed E-state index contributed by atoms with van der Waals surface area (Å²) in [7, 11) is 0. The van der Waals surface area contributed by atoms with Crippen LogP contribution in [0, 0.1) is 0 Å². The predicted molar refractivity (Wildman–Crippen MR) is 97.5 cm³/mol. The third-order valence-electron chi connectivity index (χ3n) is 3.81. The van der Waals surface area contributed by atoms with E-state index in [0.29, 0.717) is 5.56 Å². The smallest absolute Gasteiger partial charge is 0.416 e. The van der Waals surface area contributed by atoms with Crippen molar-refractivity contribution >= 4 is 5.97 Å². The molecule has 7 heteroatoms. The minimum absolute atomic E-state index is 0.236. The summed E-state index contributed by atoms with van der Waals surface area (Å²) in [6.07, 6.45) is -4.45. The molecule has 0 fully saturated rings. The second kappa shape index (κ2) is 7.14. The van der Waals surface area contributed by atoms with Gasteiger partial charge in [-0.3, -0.25) is 0 Å². The van der Waals surface area contributed by atoms with Gasteiger partial charge in [0.1, 0.15) is 11.3 Å². The first-order valence-corrected chi connectivity index (χ1v) is 8.52. The molecule has 3 aromatic rings. The summed E-state index contributed by atoms with van der Waals surface area (Å²) in [5.74, 6) is -0.269. The maximum Gasteiger partial charge on any atom is 0.416 e. The highest BCUT2D eigenvalue weighted by atomic mass is 19.4. The van der Waals surface area contributed by atoms with Crippen molar-refractivity contribution in [3.63, 3.8) is 0 Å². The minimum atomic E-state index is -4.45. The summed E-state index contributed by atoms with van der Waals surface area (Å²) >= 11 is 0. The Hall–Kier alpha value is -3.09. The molecule has 28 heavy (non-hydrogen) atoms. The molecular formula is C21H18F3NO3. The van der Waals surface area contributed by atoms with E-state index in [4.69, 9.17) is 9.26 Å². The molecule has 0 amide bonds. The van der Waals surface area contributed by atoms with Crippen LogP contribution in [-0.4, -0.2) is 16.7 Å². The number of alkyl halides is 3. The average molecular weight is 389 g/mol. The molecule has 0 atom stereocenters. The van der Waals surface area contributed by atoms with Crippen molar-refractivity contribution in [2.75, 3.05) is 0 Å². The Kier molecular flexibility index (Phi) is 5.02. The highest BCUT2D eigenvalue weighted by Crippen LogP contribution is 2.34. The molecule has 0 aliphatic heterocycles. The first-order chi connectivity index (χ1) is 13.0. The highest BCUT2D eigenvalue weighted by molar-refractivity contribution is 5.97. The van der Waals surface area contributed by atoms with Gasteiger partial charge in [0.2, 0.25) is 0 Å². The lowest BCUT2D eigenvalue weighted by Gasteiger charge is -2.20. The lowest BCUT2D eigenvalue weighted by atomic mass is 10.0. The van der Waals surface area contributed by atoms with E-state index >= 15 is 0 Å². The van der Waals surface area contributed by atoms with Gasteiger partial charge in [0.15, 0.2) is 5.76 Å². The van der Waals surface area contributed by atoms with Crippen molar-refractivity contribution in [1.29, 1.82) is 0 Å². The van der Waals surface area contributed by atoms with Gasteiger partial charge < -0.3 is 9.26 Å². The van der Waals surface area contributed by atoms with Crippen molar-refractivity contribution in [1.82, 2.24) is 5.16 Å². The Labute approximate surface area is 159 Å². The zero-order chi connectivity index (χ0) is 20.5. The molecule has 1 heterocycles. The van der Waals surface area contributed by atoms with E-state index in [0.717, 1.165) is 12.1 Å². The molecule has 0 saturated carbocycles. The van der Waals surface area contributed by atoms with Crippen molar-refractivity contribution in [3.05, 3.63) is 65.7 Å². The second-order valence-corrected chi connectivity index (χ2v) is 7.20. The first-order valence-electron chi connectivity index (χ1n) is 8.52. The largest absolute Gasteiger partial charge is 0.456 e. The van der Waals surface area contributed by atoms with Crippen LogP contribution in [0.25, 0.3) is 22.6 Å². The Morgan fingerprint density at radius 1 is 1.00 bits per heavy atom. The van der Waals surface area contributed by atoms with Gasteiger partial charge in [0, 0.05) is 17.2 Å². The number of halogens is 3. The van der Waals surface area contributed by atoms with Crippen LogP contribution in [0.3, 0.4) is 0 Å². The zero-order valence-corrected chi connectivity index (χ0v) is 15.5. The Balaban J connectivity index is 1.97. The summed E-state index contributed by atoms with van der Waals surface area (Å²) in [4.78, 5) is 12.5. The molecular weight excluding hydrogens is 371 g/mol. The van der Waals surface area contributed by atoms with Crippen molar-refractivity contribution in [3.8, 4) is 22.6 Å². The number of carbonyl (C=O) groups is 1. The van der Waals surface area contributed by atoms with E-state index in [1.165, 1.54) is 18.2 Å². The van der Waals surface area contributed by atoms with Crippen molar-refractivity contribution in [2.45, 2.75) is 32.5 Å². The van der Waals surface area contributed by atoms with E-state index in [2.05, 4.69) is 5.16 Å². The summed E-state index contributed by atoms with van der Waals surface area (Å²) in [5.41, 5.74) is -0.218. The van der Waals surface area contributed by atoms with E-state index in [9.17, 15) is 18.0 Å². The fourth-order valence-electron chi connectivity index (χ4n) is 2.60. The van der Waals surface area contributed by atoms with Gasteiger partial charge in [-0.25, -0.2) is 4.79 Å². The topological polar surface area (TPSA) is 52.3 Å². The van der Waals surface area contributed by atoms with Gasteiger partial charge in [-0.15, -0.1) is 0 Å². The first kappa shape index (κ1) is 19.7. The SMILES string of the molecule is CC(C)(C)OC(=O)c1ccccc1-c1cc(-c2cccc(C(F)(F)F)c2)no1. The van der Waals surface area contributed by atoms with Crippen LogP contribution in [0.15, 0.2) is 59.1 Å². The third kappa shape index (κ3) is 4.42. The van der Waals surface area contributed by atoms with Crippen LogP contribution in [0.5, 0.6) is 0 Å². The highest BCUT2D eigenvalue weighted by Gasteiger charge is 2.30. The van der Waals surface area contributed by atoms with Gasteiger partial charge in [-0.05, 0) is 39.0 Å². The number of ether oxygens (including phenoxy) is 1. The van der Waals surface area contributed by atoms with Crippen LogP contribution in [0.1, 0.15) is 36.7 Å². The molecule has 1 aromatic heterocycles. The molecule has 0 aliphatic rings. The van der Waals surface area contributed by atoms with Crippen LogP contribution >= 0.6 is 0 Å². The molecule has 4 nitrogen and oxygen atoms in total. The van der Waals surface area contributed by atoms with Crippen molar-refractivity contribution in [2.24, 2.45) is 0 Å². The number of rotatable bonds is 3. The summed E-state index contributed by atoms with van der Waals surface area (Å²) < 4.78 is 49.5. The lowest BCUT2D eigenvalue weighted by molar-refractivity contribution is -0.137. The minimum Gasteiger partial charge on any atom is -0.456 e. The second-order valence-electron chi connectivity index (χ2n) is 7.20. The Morgan fingerprint density at radius 3 is 2.39 bits per heavy atom. The maximum absolute atomic E-state index is 12.9. The number of nitrogens with zero attached hydrogens (tertiary/aromatic N) is 1. The number of carbonyl (C=O) groups excluding carboxylic acids is 1.